The zero-order valence-electron chi connectivity index (χ0n) is 14.8. The number of carbonyl (C=O) groups is 1. The SMILES string of the molecule is CCCCCCCCOC(=O)[C@@H](C)c1ccc2cc(O)ccc2c1. The van der Waals surface area contributed by atoms with Crippen LogP contribution in [0.4, 0.5) is 0 Å². The molecule has 0 fully saturated rings. The van der Waals surface area contributed by atoms with Gasteiger partial charge in [-0.05, 0) is 41.8 Å². The topological polar surface area (TPSA) is 46.5 Å². The molecule has 1 atom stereocenters. The molecule has 1 N–H and O–H groups in total. The third kappa shape index (κ3) is 5.26. The first-order valence-corrected chi connectivity index (χ1v) is 9.01. The first kappa shape index (κ1) is 18.3. The number of phenols is 1. The summed E-state index contributed by atoms with van der Waals surface area (Å²) < 4.78 is 5.42. The average molecular weight is 328 g/mol. The third-order valence-electron chi connectivity index (χ3n) is 4.44. The monoisotopic (exact) mass is 328 g/mol. The van der Waals surface area contributed by atoms with Crippen molar-refractivity contribution in [2.75, 3.05) is 6.61 Å². The van der Waals surface area contributed by atoms with E-state index in [9.17, 15) is 9.90 Å². The summed E-state index contributed by atoms with van der Waals surface area (Å²) in [7, 11) is 0. The van der Waals surface area contributed by atoms with E-state index >= 15 is 0 Å². The molecule has 2 rings (SSSR count). The molecule has 2 aromatic carbocycles. The highest BCUT2D eigenvalue weighted by Crippen LogP contribution is 2.25. The van der Waals surface area contributed by atoms with Gasteiger partial charge in [-0.1, -0.05) is 63.3 Å². The summed E-state index contributed by atoms with van der Waals surface area (Å²) in [4.78, 5) is 12.2. The molecule has 3 heteroatoms. The van der Waals surface area contributed by atoms with E-state index in [4.69, 9.17) is 4.74 Å². The Morgan fingerprint density at radius 3 is 2.46 bits per heavy atom. The van der Waals surface area contributed by atoms with Crippen molar-refractivity contribution in [2.45, 2.75) is 58.3 Å². The fourth-order valence-electron chi connectivity index (χ4n) is 2.84. The Bertz CT molecular complexity index is 663. The lowest BCUT2D eigenvalue weighted by Gasteiger charge is -2.13. The van der Waals surface area contributed by atoms with Gasteiger partial charge in [0, 0.05) is 0 Å². The van der Waals surface area contributed by atoms with Gasteiger partial charge >= 0.3 is 5.97 Å². The first-order valence-electron chi connectivity index (χ1n) is 9.01. The fraction of sp³-hybridized carbons (Fsp3) is 0.476. The predicted molar refractivity (Wildman–Crippen MR) is 98.4 cm³/mol. The number of hydrogen-bond donors (Lipinski definition) is 1. The molecule has 0 saturated carbocycles. The standard InChI is InChI=1S/C21H28O3/c1-3-4-5-6-7-8-13-24-21(23)16(2)17-9-10-19-15-20(22)12-11-18(19)14-17/h9-12,14-16,22H,3-8,13H2,1-2H3/t16-/m0/s1. The number of benzene rings is 2. The van der Waals surface area contributed by atoms with E-state index < -0.39 is 0 Å². The van der Waals surface area contributed by atoms with E-state index in [1.54, 1.807) is 12.1 Å². The quantitative estimate of drug-likeness (QED) is 0.485. The maximum absolute atomic E-state index is 12.2. The normalized spacial score (nSPS) is 12.2. The molecule has 0 radical (unpaired) electrons. The first-order chi connectivity index (χ1) is 11.6. The van der Waals surface area contributed by atoms with Crippen molar-refractivity contribution < 1.29 is 14.6 Å². The molecular formula is C21H28O3. The summed E-state index contributed by atoms with van der Waals surface area (Å²) in [6.45, 7) is 4.60. The van der Waals surface area contributed by atoms with Gasteiger partial charge in [0.25, 0.3) is 0 Å². The highest BCUT2D eigenvalue weighted by Gasteiger charge is 2.17. The van der Waals surface area contributed by atoms with Gasteiger partial charge in [-0.2, -0.15) is 0 Å². The molecule has 2 aromatic rings. The van der Waals surface area contributed by atoms with E-state index in [1.165, 1.54) is 25.7 Å². The largest absolute Gasteiger partial charge is 0.508 e. The predicted octanol–water partition coefficient (Wildman–Crippen LogP) is 5.55. The lowest BCUT2D eigenvalue weighted by atomic mass is 9.98. The molecule has 0 aliphatic heterocycles. The van der Waals surface area contributed by atoms with Crippen LogP contribution in [0.1, 0.15) is 63.9 Å². The number of esters is 1. The van der Waals surface area contributed by atoms with Crippen molar-refractivity contribution >= 4 is 16.7 Å². The van der Waals surface area contributed by atoms with Gasteiger partial charge < -0.3 is 9.84 Å². The summed E-state index contributed by atoms with van der Waals surface area (Å²) in [6, 6.07) is 11.1. The molecule has 0 amide bonds. The van der Waals surface area contributed by atoms with E-state index in [0.717, 1.165) is 29.2 Å². The van der Waals surface area contributed by atoms with Gasteiger partial charge in [0.15, 0.2) is 0 Å². The smallest absolute Gasteiger partial charge is 0.313 e. The third-order valence-corrected chi connectivity index (χ3v) is 4.44. The number of ether oxygens (including phenoxy) is 1. The summed E-state index contributed by atoms with van der Waals surface area (Å²) in [5.41, 5.74) is 0.945. The number of rotatable bonds is 9. The molecule has 3 nitrogen and oxygen atoms in total. The summed E-state index contributed by atoms with van der Waals surface area (Å²) in [6.07, 6.45) is 7.10. The minimum absolute atomic E-state index is 0.165. The van der Waals surface area contributed by atoms with Crippen LogP contribution in [0.15, 0.2) is 36.4 Å². The van der Waals surface area contributed by atoms with Gasteiger partial charge in [0.1, 0.15) is 5.75 Å². The van der Waals surface area contributed by atoms with Crippen molar-refractivity contribution in [3.05, 3.63) is 42.0 Å². The van der Waals surface area contributed by atoms with Gasteiger partial charge in [-0.3, -0.25) is 4.79 Å². The second-order valence-corrected chi connectivity index (χ2v) is 6.45. The minimum Gasteiger partial charge on any atom is -0.508 e. The van der Waals surface area contributed by atoms with Crippen molar-refractivity contribution in [2.24, 2.45) is 0 Å². The molecule has 130 valence electrons. The van der Waals surface area contributed by atoms with Crippen LogP contribution >= 0.6 is 0 Å². The van der Waals surface area contributed by atoms with Crippen LogP contribution < -0.4 is 0 Å². The molecule has 0 aliphatic rings. The minimum atomic E-state index is -0.275. The van der Waals surface area contributed by atoms with Crippen molar-refractivity contribution in [1.82, 2.24) is 0 Å². The van der Waals surface area contributed by atoms with Crippen LogP contribution in [0.3, 0.4) is 0 Å². The van der Waals surface area contributed by atoms with Crippen LogP contribution in [-0.4, -0.2) is 17.7 Å². The number of unbranched alkanes of at least 4 members (excludes halogenated alkanes) is 5. The zero-order valence-corrected chi connectivity index (χ0v) is 14.8. The number of phenolic OH excluding ortho intramolecular Hbond substituents is 1. The maximum atomic E-state index is 12.2. The highest BCUT2D eigenvalue weighted by atomic mass is 16.5. The Kier molecular flexibility index (Phi) is 7.10. The summed E-state index contributed by atoms with van der Waals surface area (Å²) in [5, 5.41) is 11.5. The van der Waals surface area contributed by atoms with E-state index in [2.05, 4.69) is 6.92 Å². The molecule has 0 saturated heterocycles. The summed E-state index contributed by atoms with van der Waals surface area (Å²) >= 11 is 0. The summed E-state index contributed by atoms with van der Waals surface area (Å²) in [5.74, 6) is -0.188. The Labute approximate surface area is 144 Å². The van der Waals surface area contributed by atoms with E-state index in [1.807, 2.05) is 31.2 Å². The number of fused-ring (bicyclic) bond motifs is 1. The van der Waals surface area contributed by atoms with Crippen LogP contribution in [0.2, 0.25) is 0 Å². The lowest BCUT2D eigenvalue weighted by Crippen LogP contribution is -2.14. The second-order valence-electron chi connectivity index (χ2n) is 6.45. The number of aromatic hydroxyl groups is 1. The van der Waals surface area contributed by atoms with Gasteiger partial charge in [-0.25, -0.2) is 0 Å². The highest BCUT2D eigenvalue weighted by molar-refractivity contribution is 5.86. The van der Waals surface area contributed by atoms with Crippen molar-refractivity contribution in [3.63, 3.8) is 0 Å². The number of carbonyl (C=O) groups excluding carboxylic acids is 1. The van der Waals surface area contributed by atoms with Gasteiger partial charge in [0.2, 0.25) is 0 Å². The van der Waals surface area contributed by atoms with Gasteiger partial charge in [-0.15, -0.1) is 0 Å². The molecule has 0 aliphatic carbocycles. The molecule has 0 bridgehead atoms. The molecule has 0 spiro atoms. The lowest BCUT2D eigenvalue weighted by molar-refractivity contribution is -0.145. The van der Waals surface area contributed by atoms with Crippen LogP contribution in [0.25, 0.3) is 10.8 Å². The van der Waals surface area contributed by atoms with Gasteiger partial charge in [0.05, 0.1) is 12.5 Å². The molecule has 0 aromatic heterocycles. The van der Waals surface area contributed by atoms with Crippen LogP contribution in [0.5, 0.6) is 5.75 Å². The fourth-order valence-corrected chi connectivity index (χ4v) is 2.84. The number of hydrogen-bond acceptors (Lipinski definition) is 3. The Morgan fingerprint density at radius 1 is 1.00 bits per heavy atom. The Balaban J connectivity index is 1.83. The van der Waals surface area contributed by atoms with Crippen LogP contribution in [0, 0.1) is 0 Å². The van der Waals surface area contributed by atoms with Crippen LogP contribution in [-0.2, 0) is 9.53 Å². The Hall–Kier alpha value is -2.03. The molecular weight excluding hydrogens is 300 g/mol. The van der Waals surface area contributed by atoms with E-state index in [-0.39, 0.29) is 17.6 Å². The molecule has 0 heterocycles. The second kappa shape index (κ2) is 9.31. The van der Waals surface area contributed by atoms with E-state index in [0.29, 0.717) is 6.61 Å². The molecule has 24 heavy (non-hydrogen) atoms. The Morgan fingerprint density at radius 2 is 1.67 bits per heavy atom. The average Bonchev–Trinajstić information content (AvgIpc) is 2.59. The zero-order chi connectivity index (χ0) is 17.4. The van der Waals surface area contributed by atoms with Crippen molar-refractivity contribution in [1.29, 1.82) is 0 Å². The van der Waals surface area contributed by atoms with Crippen molar-refractivity contribution in [3.8, 4) is 5.75 Å². The maximum Gasteiger partial charge on any atom is 0.313 e. The molecule has 0 unspecified atom stereocenters.